The molecule has 0 aromatic heterocycles. The Morgan fingerprint density at radius 1 is 1.40 bits per heavy atom. The van der Waals surface area contributed by atoms with Gasteiger partial charge in [-0.1, -0.05) is 17.7 Å². The van der Waals surface area contributed by atoms with Crippen LogP contribution in [0.25, 0.3) is 0 Å². The highest BCUT2D eigenvalue weighted by atomic mass is 35.5. The molecular formula is C19H22ClN3O2. The fraction of sp³-hybridized carbons (Fsp3) is 0.316. The highest BCUT2D eigenvalue weighted by Gasteiger charge is 2.21. The number of nitrogens with zero attached hydrogens (tertiary/aromatic N) is 1. The summed E-state index contributed by atoms with van der Waals surface area (Å²) in [5.74, 6) is 0.447. The van der Waals surface area contributed by atoms with Gasteiger partial charge >= 0.3 is 0 Å². The van der Waals surface area contributed by atoms with E-state index in [-0.39, 0.29) is 12.5 Å². The third-order valence-electron chi connectivity index (χ3n) is 4.47. The summed E-state index contributed by atoms with van der Waals surface area (Å²) in [4.78, 5) is 14.6. The van der Waals surface area contributed by atoms with Crippen LogP contribution in [0, 0.1) is 6.92 Å². The fourth-order valence-corrected chi connectivity index (χ4v) is 3.34. The van der Waals surface area contributed by atoms with Crippen molar-refractivity contribution in [2.24, 2.45) is 0 Å². The summed E-state index contributed by atoms with van der Waals surface area (Å²) < 4.78 is 5.31. The number of fused-ring (bicyclic) bond motifs is 1. The van der Waals surface area contributed by atoms with Gasteiger partial charge in [-0.3, -0.25) is 4.79 Å². The first-order valence-corrected chi connectivity index (χ1v) is 8.63. The molecule has 2 aromatic carbocycles. The van der Waals surface area contributed by atoms with E-state index in [0.717, 1.165) is 41.9 Å². The Hall–Kier alpha value is -2.40. The smallest absolute Gasteiger partial charge is 0.243 e. The number of nitrogens with one attached hydrogen (secondary N) is 1. The van der Waals surface area contributed by atoms with Crippen LogP contribution in [0.2, 0.25) is 5.02 Å². The van der Waals surface area contributed by atoms with Crippen LogP contribution in [0.15, 0.2) is 30.3 Å². The molecule has 0 atom stereocenters. The minimum atomic E-state index is -0.102. The minimum absolute atomic E-state index is 0.102. The highest BCUT2D eigenvalue weighted by molar-refractivity contribution is 6.31. The first kappa shape index (κ1) is 17.4. The van der Waals surface area contributed by atoms with Crippen LogP contribution in [0.1, 0.15) is 17.5 Å². The molecule has 0 unspecified atom stereocenters. The zero-order valence-electron chi connectivity index (χ0n) is 14.4. The van der Waals surface area contributed by atoms with Crippen LogP contribution >= 0.6 is 11.6 Å². The van der Waals surface area contributed by atoms with E-state index in [1.165, 1.54) is 0 Å². The summed E-state index contributed by atoms with van der Waals surface area (Å²) >= 11 is 6.11. The number of carbonyl (C=O) groups excluding carboxylic acids is 1. The molecule has 3 rings (SSSR count). The molecule has 0 fully saturated rings. The lowest BCUT2D eigenvalue weighted by molar-refractivity contribution is -0.115. The summed E-state index contributed by atoms with van der Waals surface area (Å²) in [6, 6.07) is 9.38. The van der Waals surface area contributed by atoms with Crippen LogP contribution in [0.5, 0.6) is 5.75 Å². The molecule has 0 saturated carbocycles. The Morgan fingerprint density at radius 3 is 2.96 bits per heavy atom. The average Bonchev–Trinajstić information content (AvgIpc) is 2.59. The third kappa shape index (κ3) is 3.66. The van der Waals surface area contributed by atoms with E-state index in [1.807, 2.05) is 31.2 Å². The topological polar surface area (TPSA) is 67.6 Å². The standard InChI is InChI=1S/C19H22ClN3O2/c1-12-9-16(18(25-2)10-14(12)20)22-19(24)11-23-8-4-5-13-15(21)6-3-7-17(13)23/h3,6-7,9-10H,4-5,8,11,21H2,1-2H3,(H,22,24). The van der Waals surface area contributed by atoms with Crippen molar-refractivity contribution in [3.8, 4) is 5.75 Å². The molecule has 0 saturated heterocycles. The van der Waals surface area contributed by atoms with Gasteiger partial charge in [0.05, 0.1) is 19.3 Å². The van der Waals surface area contributed by atoms with Crippen LogP contribution in [-0.2, 0) is 11.2 Å². The largest absolute Gasteiger partial charge is 0.495 e. The number of benzene rings is 2. The number of nitrogen functional groups attached to an aromatic ring is 1. The van der Waals surface area contributed by atoms with Gasteiger partial charge in [-0.25, -0.2) is 0 Å². The predicted molar refractivity (Wildman–Crippen MR) is 103 cm³/mol. The quantitative estimate of drug-likeness (QED) is 0.818. The summed E-state index contributed by atoms with van der Waals surface area (Å²) in [5.41, 5.74) is 10.5. The maximum absolute atomic E-state index is 12.6. The number of nitrogens with two attached hydrogens (primary N) is 1. The third-order valence-corrected chi connectivity index (χ3v) is 4.88. The van der Waals surface area contributed by atoms with Gasteiger partial charge in [-0.15, -0.1) is 0 Å². The maximum atomic E-state index is 12.6. The number of amides is 1. The molecule has 0 spiro atoms. The molecule has 0 radical (unpaired) electrons. The minimum Gasteiger partial charge on any atom is -0.495 e. The van der Waals surface area contributed by atoms with E-state index in [4.69, 9.17) is 22.1 Å². The lowest BCUT2D eigenvalue weighted by atomic mass is 10.00. The molecule has 2 aromatic rings. The van der Waals surface area contributed by atoms with Crippen LogP contribution in [0.4, 0.5) is 17.1 Å². The van der Waals surface area contributed by atoms with Crippen molar-refractivity contribution in [1.82, 2.24) is 0 Å². The zero-order valence-corrected chi connectivity index (χ0v) is 15.2. The molecule has 1 amide bonds. The van der Waals surface area contributed by atoms with Gasteiger partial charge in [0.2, 0.25) is 5.91 Å². The summed E-state index contributed by atoms with van der Waals surface area (Å²) in [6.45, 7) is 2.99. The number of hydrogen-bond acceptors (Lipinski definition) is 4. The van der Waals surface area contributed by atoms with Gasteiger partial charge in [0.15, 0.2) is 0 Å². The van der Waals surface area contributed by atoms with E-state index in [9.17, 15) is 4.79 Å². The van der Waals surface area contributed by atoms with E-state index in [0.29, 0.717) is 16.5 Å². The van der Waals surface area contributed by atoms with Crippen LogP contribution in [0.3, 0.4) is 0 Å². The van der Waals surface area contributed by atoms with Crippen molar-refractivity contribution in [3.63, 3.8) is 0 Å². The summed E-state index contributed by atoms with van der Waals surface area (Å²) in [5, 5.41) is 3.53. The number of halogens is 1. The van der Waals surface area contributed by atoms with E-state index in [2.05, 4.69) is 10.2 Å². The molecule has 3 N–H and O–H groups in total. The molecule has 5 nitrogen and oxygen atoms in total. The molecular weight excluding hydrogens is 338 g/mol. The monoisotopic (exact) mass is 359 g/mol. The zero-order chi connectivity index (χ0) is 18.0. The van der Waals surface area contributed by atoms with Gasteiger partial charge in [0.25, 0.3) is 0 Å². The number of ether oxygens (including phenoxy) is 1. The van der Waals surface area contributed by atoms with Crippen molar-refractivity contribution in [2.45, 2.75) is 19.8 Å². The second-order valence-electron chi connectivity index (χ2n) is 6.22. The Morgan fingerprint density at radius 2 is 2.20 bits per heavy atom. The van der Waals surface area contributed by atoms with Gasteiger partial charge in [-0.2, -0.15) is 0 Å². The maximum Gasteiger partial charge on any atom is 0.243 e. The molecule has 0 bridgehead atoms. The first-order chi connectivity index (χ1) is 12.0. The Bertz CT molecular complexity index is 807. The van der Waals surface area contributed by atoms with Crippen LogP contribution in [-0.4, -0.2) is 26.1 Å². The lowest BCUT2D eigenvalue weighted by Gasteiger charge is -2.31. The first-order valence-electron chi connectivity index (χ1n) is 8.26. The fourth-order valence-electron chi connectivity index (χ4n) is 3.18. The molecule has 1 aliphatic rings. The normalized spacial score (nSPS) is 13.3. The molecule has 132 valence electrons. The van der Waals surface area contributed by atoms with E-state index < -0.39 is 0 Å². The summed E-state index contributed by atoms with van der Waals surface area (Å²) in [7, 11) is 1.56. The van der Waals surface area contributed by atoms with E-state index >= 15 is 0 Å². The van der Waals surface area contributed by atoms with Gasteiger partial charge in [0.1, 0.15) is 5.75 Å². The van der Waals surface area contributed by atoms with Crippen molar-refractivity contribution < 1.29 is 9.53 Å². The Labute approximate surface area is 152 Å². The van der Waals surface area contributed by atoms with Crippen molar-refractivity contribution >= 4 is 34.6 Å². The van der Waals surface area contributed by atoms with Crippen molar-refractivity contribution in [2.75, 3.05) is 36.1 Å². The van der Waals surface area contributed by atoms with Crippen molar-refractivity contribution in [3.05, 3.63) is 46.5 Å². The van der Waals surface area contributed by atoms with E-state index in [1.54, 1.807) is 13.2 Å². The van der Waals surface area contributed by atoms with Gasteiger partial charge in [-0.05, 0) is 49.1 Å². The SMILES string of the molecule is COc1cc(Cl)c(C)cc1NC(=O)CN1CCCc2c(N)cccc21. The number of carbonyl (C=O) groups is 1. The number of aryl methyl sites for hydroxylation is 1. The van der Waals surface area contributed by atoms with Crippen LogP contribution < -0.4 is 20.7 Å². The lowest BCUT2D eigenvalue weighted by Crippen LogP contribution is -2.37. The number of hydrogen-bond donors (Lipinski definition) is 2. The number of rotatable bonds is 4. The second-order valence-corrected chi connectivity index (χ2v) is 6.63. The second kappa shape index (κ2) is 7.23. The average molecular weight is 360 g/mol. The van der Waals surface area contributed by atoms with Gasteiger partial charge < -0.3 is 20.7 Å². The number of anilines is 3. The Balaban J connectivity index is 1.77. The molecule has 6 heteroatoms. The van der Waals surface area contributed by atoms with Crippen molar-refractivity contribution in [1.29, 1.82) is 0 Å². The molecule has 25 heavy (non-hydrogen) atoms. The van der Waals surface area contributed by atoms with Gasteiger partial charge in [0, 0.05) is 29.0 Å². The molecule has 1 heterocycles. The summed E-state index contributed by atoms with van der Waals surface area (Å²) in [6.07, 6.45) is 1.93. The molecule has 0 aliphatic carbocycles. The highest BCUT2D eigenvalue weighted by Crippen LogP contribution is 2.32. The molecule has 1 aliphatic heterocycles. The number of methoxy groups -OCH3 is 1. The predicted octanol–water partition coefficient (Wildman–Crippen LogP) is 3.63. The Kier molecular flexibility index (Phi) is 5.04.